The smallest absolute Gasteiger partial charge is 0.260 e. The quantitative estimate of drug-likeness (QED) is 0.477. The van der Waals surface area contributed by atoms with Gasteiger partial charge in [0.2, 0.25) is 5.91 Å². The van der Waals surface area contributed by atoms with Crippen LogP contribution in [0.3, 0.4) is 0 Å². The number of piperazine rings is 1. The number of benzene rings is 1. The Kier molecular flexibility index (Phi) is 10.3. The summed E-state index contributed by atoms with van der Waals surface area (Å²) < 4.78 is 5.64. The molecule has 2 heterocycles. The molecule has 0 radical (unpaired) electrons. The molecule has 3 fully saturated rings. The lowest BCUT2D eigenvalue weighted by atomic mass is 9.95. The van der Waals surface area contributed by atoms with E-state index < -0.39 is 0 Å². The highest BCUT2D eigenvalue weighted by Crippen LogP contribution is 2.31. The molecule has 1 aromatic carbocycles. The van der Waals surface area contributed by atoms with Gasteiger partial charge in [-0.3, -0.25) is 14.5 Å². The number of amides is 2. The van der Waals surface area contributed by atoms with Gasteiger partial charge in [-0.15, -0.1) is 0 Å². The van der Waals surface area contributed by atoms with Crippen molar-refractivity contribution in [3.8, 4) is 5.75 Å². The van der Waals surface area contributed by atoms with E-state index in [-0.39, 0.29) is 24.5 Å². The molecule has 0 spiro atoms. The summed E-state index contributed by atoms with van der Waals surface area (Å²) in [7, 11) is 0. The van der Waals surface area contributed by atoms with E-state index in [2.05, 4.69) is 22.0 Å². The van der Waals surface area contributed by atoms with Gasteiger partial charge in [-0.25, -0.2) is 0 Å². The van der Waals surface area contributed by atoms with E-state index in [1.807, 2.05) is 4.90 Å². The number of nitrogens with one attached hydrogen (secondary N) is 1. The van der Waals surface area contributed by atoms with Crippen LogP contribution in [-0.4, -0.2) is 91.0 Å². The van der Waals surface area contributed by atoms with Gasteiger partial charge in [-0.1, -0.05) is 30.9 Å². The van der Waals surface area contributed by atoms with E-state index in [1.54, 1.807) is 24.3 Å². The molecule has 0 aromatic heterocycles. The summed E-state index contributed by atoms with van der Waals surface area (Å²) in [5.41, 5.74) is 0. The number of carbonyl (C=O) groups is 2. The van der Waals surface area contributed by atoms with Gasteiger partial charge in [0.1, 0.15) is 5.75 Å². The zero-order valence-corrected chi connectivity index (χ0v) is 22.6. The lowest BCUT2D eigenvalue weighted by molar-refractivity contribution is -0.137. The van der Waals surface area contributed by atoms with Crippen LogP contribution in [0.4, 0.5) is 0 Å². The van der Waals surface area contributed by atoms with Gasteiger partial charge >= 0.3 is 0 Å². The molecule has 36 heavy (non-hydrogen) atoms. The zero-order valence-electron chi connectivity index (χ0n) is 21.8. The predicted octanol–water partition coefficient (Wildman–Crippen LogP) is 3.80. The molecule has 3 aliphatic rings. The molecule has 1 N–H and O–H groups in total. The average molecular weight is 519 g/mol. The molecule has 2 aliphatic heterocycles. The van der Waals surface area contributed by atoms with E-state index in [9.17, 15) is 9.59 Å². The molecule has 1 aliphatic carbocycles. The second kappa shape index (κ2) is 13.6. The number of ether oxygens (including phenoxy) is 1. The monoisotopic (exact) mass is 518 g/mol. The van der Waals surface area contributed by atoms with Crippen LogP contribution in [0.1, 0.15) is 58.3 Å². The van der Waals surface area contributed by atoms with Crippen molar-refractivity contribution in [2.45, 2.75) is 70.4 Å². The number of likely N-dealkylation sites (tertiary alicyclic amines) is 1. The Morgan fingerprint density at radius 2 is 1.69 bits per heavy atom. The Balaban J connectivity index is 1.23. The number of hydrogen-bond acceptors (Lipinski definition) is 5. The van der Waals surface area contributed by atoms with Gasteiger partial charge in [-0.2, -0.15) is 0 Å². The van der Waals surface area contributed by atoms with E-state index in [0.717, 1.165) is 45.4 Å². The summed E-state index contributed by atoms with van der Waals surface area (Å²) in [6, 6.07) is 7.63. The van der Waals surface area contributed by atoms with Gasteiger partial charge < -0.3 is 19.9 Å². The van der Waals surface area contributed by atoms with E-state index >= 15 is 0 Å². The SMILES string of the molecule is C[C@@H]1CCCCN1CCCNC(=O)[C@H](C1CCCC1)N1CCN(C(=O)COc2ccc(Cl)cc2)CC1. The van der Waals surface area contributed by atoms with E-state index in [0.29, 0.717) is 35.8 Å². The lowest BCUT2D eigenvalue weighted by Gasteiger charge is -2.40. The molecular weight excluding hydrogens is 476 g/mol. The summed E-state index contributed by atoms with van der Waals surface area (Å²) in [6.45, 7) is 8.05. The van der Waals surface area contributed by atoms with Crippen molar-refractivity contribution in [2.75, 3.05) is 52.4 Å². The maximum absolute atomic E-state index is 13.4. The first-order chi connectivity index (χ1) is 17.5. The fraction of sp³-hybridized carbons (Fsp3) is 0.714. The van der Waals surface area contributed by atoms with Crippen LogP contribution in [0.2, 0.25) is 5.02 Å². The average Bonchev–Trinajstić information content (AvgIpc) is 3.42. The first kappa shape index (κ1) is 27.2. The number of nitrogens with zero attached hydrogens (tertiary/aromatic N) is 3. The van der Waals surface area contributed by atoms with E-state index in [1.165, 1.54) is 38.6 Å². The number of carbonyl (C=O) groups excluding carboxylic acids is 2. The topological polar surface area (TPSA) is 65.1 Å². The van der Waals surface area contributed by atoms with Crippen molar-refractivity contribution >= 4 is 23.4 Å². The molecular formula is C28H43ClN4O3. The lowest BCUT2D eigenvalue weighted by Crippen LogP contribution is -2.58. The minimum absolute atomic E-state index is 0.0154. The van der Waals surface area contributed by atoms with Crippen LogP contribution < -0.4 is 10.1 Å². The molecule has 1 saturated carbocycles. The predicted molar refractivity (Wildman–Crippen MR) is 143 cm³/mol. The third-order valence-electron chi connectivity index (χ3n) is 8.21. The Morgan fingerprint density at radius 3 is 2.39 bits per heavy atom. The number of rotatable bonds is 10. The van der Waals surface area contributed by atoms with E-state index in [4.69, 9.17) is 16.3 Å². The maximum Gasteiger partial charge on any atom is 0.260 e. The highest BCUT2D eigenvalue weighted by Gasteiger charge is 2.37. The third kappa shape index (κ3) is 7.59. The number of hydrogen-bond donors (Lipinski definition) is 1. The van der Waals surface area contributed by atoms with Gasteiger partial charge in [0, 0.05) is 50.3 Å². The Morgan fingerprint density at radius 1 is 1.00 bits per heavy atom. The summed E-state index contributed by atoms with van der Waals surface area (Å²) >= 11 is 5.91. The van der Waals surface area contributed by atoms with Crippen molar-refractivity contribution in [3.63, 3.8) is 0 Å². The zero-order chi connectivity index (χ0) is 25.3. The molecule has 8 heteroatoms. The third-order valence-corrected chi connectivity index (χ3v) is 8.47. The van der Waals surface area contributed by atoms with Crippen LogP contribution in [0, 0.1) is 5.92 Å². The molecule has 2 amide bonds. The highest BCUT2D eigenvalue weighted by molar-refractivity contribution is 6.30. The summed E-state index contributed by atoms with van der Waals surface area (Å²) in [4.78, 5) is 32.8. The van der Waals surface area contributed by atoms with Gasteiger partial charge in [0.05, 0.1) is 6.04 Å². The number of piperidine rings is 1. The molecule has 7 nitrogen and oxygen atoms in total. The van der Waals surface area contributed by atoms with Crippen molar-refractivity contribution in [3.05, 3.63) is 29.3 Å². The molecule has 4 rings (SSSR count). The van der Waals surface area contributed by atoms with Crippen molar-refractivity contribution < 1.29 is 14.3 Å². The van der Waals surface area contributed by atoms with Gasteiger partial charge in [0.15, 0.2) is 6.61 Å². The summed E-state index contributed by atoms with van der Waals surface area (Å²) in [6.07, 6.45) is 9.59. The van der Waals surface area contributed by atoms with Gasteiger partial charge in [0.25, 0.3) is 5.91 Å². The Hall–Kier alpha value is -1.83. The van der Waals surface area contributed by atoms with Crippen molar-refractivity contribution in [2.24, 2.45) is 5.92 Å². The fourth-order valence-electron chi connectivity index (χ4n) is 6.06. The summed E-state index contributed by atoms with van der Waals surface area (Å²) in [5.74, 6) is 1.22. The maximum atomic E-state index is 13.4. The van der Waals surface area contributed by atoms with Gasteiger partial charge in [-0.05, 0) is 75.8 Å². The Labute approximate surface area is 221 Å². The molecule has 2 atom stereocenters. The normalized spacial score (nSPS) is 22.9. The fourth-order valence-corrected chi connectivity index (χ4v) is 6.18. The summed E-state index contributed by atoms with van der Waals surface area (Å²) in [5, 5.41) is 3.91. The van der Waals surface area contributed by atoms with Crippen LogP contribution in [0.5, 0.6) is 5.75 Å². The minimum Gasteiger partial charge on any atom is -0.484 e. The molecule has 2 saturated heterocycles. The Bertz CT molecular complexity index is 838. The standard InChI is InChI=1S/C28H43ClN4O3/c1-22-7-4-5-15-31(22)16-6-14-30-28(35)27(23-8-2-3-9-23)33-19-17-32(18-20-33)26(34)21-36-25-12-10-24(29)11-13-25/h10-13,22-23,27H,2-9,14-21H2,1H3,(H,30,35)/t22-,27+/m1/s1. The van der Waals surface area contributed by atoms with Crippen molar-refractivity contribution in [1.29, 1.82) is 0 Å². The first-order valence-electron chi connectivity index (χ1n) is 13.9. The molecule has 0 bridgehead atoms. The van der Waals surface area contributed by atoms with Crippen molar-refractivity contribution in [1.82, 2.24) is 20.0 Å². The van der Waals surface area contributed by atoms with Crippen LogP contribution in [0.15, 0.2) is 24.3 Å². The second-order valence-electron chi connectivity index (χ2n) is 10.7. The highest BCUT2D eigenvalue weighted by atomic mass is 35.5. The first-order valence-corrected chi connectivity index (χ1v) is 14.3. The van der Waals surface area contributed by atoms with Crippen LogP contribution >= 0.6 is 11.6 Å². The molecule has 1 aromatic rings. The van der Waals surface area contributed by atoms with Crippen LogP contribution in [-0.2, 0) is 9.59 Å². The minimum atomic E-state index is -0.0796. The molecule has 200 valence electrons. The largest absolute Gasteiger partial charge is 0.484 e. The second-order valence-corrected chi connectivity index (χ2v) is 11.1. The van der Waals surface area contributed by atoms with Crippen LogP contribution in [0.25, 0.3) is 0 Å². The number of halogens is 1. The molecule has 0 unspecified atom stereocenters.